The fraction of sp³-hybridized carbons (Fsp3) is 0.120. The number of nitrogens with one attached hydrogen (secondary N) is 1. The van der Waals surface area contributed by atoms with Gasteiger partial charge in [0.1, 0.15) is 11.6 Å². The Kier molecular flexibility index (Phi) is 8.12. The Morgan fingerprint density at radius 1 is 1.14 bits per heavy atom. The second-order valence-electron chi connectivity index (χ2n) is 7.21. The van der Waals surface area contributed by atoms with E-state index in [1.165, 1.54) is 30.1 Å². The van der Waals surface area contributed by atoms with Gasteiger partial charge in [0.05, 0.1) is 18.6 Å². The number of carbonyl (C=O) groups is 1. The number of amides is 1. The number of carbonyl (C=O) groups excluding carboxylic acids is 1. The fourth-order valence-corrected chi connectivity index (χ4v) is 4.04. The van der Waals surface area contributed by atoms with Crippen molar-refractivity contribution in [2.75, 3.05) is 12.4 Å². The maximum absolute atomic E-state index is 13.3. The number of thioether (sulfide) groups is 1. The summed E-state index contributed by atoms with van der Waals surface area (Å²) in [7, 11) is 0. The molecule has 4 aromatic rings. The van der Waals surface area contributed by atoms with Crippen molar-refractivity contribution < 1.29 is 13.9 Å². The van der Waals surface area contributed by atoms with E-state index in [1.807, 2.05) is 47.9 Å². The number of aromatic nitrogens is 3. The highest BCUT2D eigenvalue weighted by Gasteiger charge is 2.17. The zero-order chi connectivity index (χ0) is 24.6. The van der Waals surface area contributed by atoms with Crippen LogP contribution in [0.15, 0.2) is 83.1 Å². The largest absolute Gasteiger partial charge is 0.494 e. The number of nitrogens with zero attached hydrogens (tertiary/aromatic N) is 4. The summed E-state index contributed by atoms with van der Waals surface area (Å²) in [5, 5.41) is 13.7. The molecule has 1 amide bonds. The molecule has 0 aliphatic rings. The predicted molar refractivity (Wildman–Crippen MR) is 136 cm³/mol. The number of benzene rings is 3. The van der Waals surface area contributed by atoms with Crippen molar-refractivity contribution in [3.8, 4) is 22.8 Å². The molecule has 1 N–H and O–H groups in total. The average molecular weight is 510 g/mol. The Morgan fingerprint density at radius 3 is 2.63 bits per heavy atom. The van der Waals surface area contributed by atoms with Crippen LogP contribution in [0, 0.1) is 5.82 Å². The maximum atomic E-state index is 13.3. The third-order valence-corrected chi connectivity index (χ3v) is 5.91. The Labute approximate surface area is 211 Å². The molecule has 0 spiro atoms. The number of hydrazone groups is 1. The van der Waals surface area contributed by atoms with Gasteiger partial charge in [0.25, 0.3) is 5.91 Å². The van der Waals surface area contributed by atoms with Crippen LogP contribution in [-0.2, 0) is 4.79 Å². The van der Waals surface area contributed by atoms with Crippen LogP contribution in [0.3, 0.4) is 0 Å². The highest BCUT2D eigenvalue weighted by atomic mass is 35.5. The number of ether oxygens (including phenoxy) is 1. The molecular weight excluding hydrogens is 489 g/mol. The van der Waals surface area contributed by atoms with E-state index in [2.05, 4.69) is 20.7 Å². The van der Waals surface area contributed by atoms with Crippen LogP contribution in [0.1, 0.15) is 12.5 Å². The lowest BCUT2D eigenvalue weighted by atomic mass is 10.2. The Balaban J connectivity index is 1.52. The van der Waals surface area contributed by atoms with Gasteiger partial charge < -0.3 is 4.74 Å². The van der Waals surface area contributed by atoms with Gasteiger partial charge in [0.15, 0.2) is 11.0 Å². The molecule has 0 unspecified atom stereocenters. The summed E-state index contributed by atoms with van der Waals surface area (Å²) in [5.74, 6) is 0.703. The lowest BCUT2D eigenvalue weighted by Crippen LogP contribution is -2.20. The first-order valence-corrected chi connectivity index (χ1v) is 12.0. The molecule has 0 saturated carbocycles. The van der Waals surface area contributed by atoms with E-state index in [0.29, 0.717) is 28.2 Å². The quantitative estimate of drug-likeness (QED) is 0.186. The Hall–Kier alpha value is -3.69. The lowest BCUT2D eigenvalue weighted by Gasteiger charge is -2.11. The fourth-order valence-electron chi connectivity index (χ4n) is 3.17. The minimum Gasteiger partial charge on any atom is -0.494 e. The third kappa shape index (κ3) is 6.46. The average Bonchev–Trinajstić information content (AvgIpc) is 3.28. The summed E-state index contributed by atoms with van der Waals surface area (Å²) < 4.78 is 20.7. The number of hydrogen-bond acceptors (Lipinski definition) is 6. The highest BCUT2D eigenvalue weighted by molar-refractivity contribution is 7.99. The van der Waals surface area contributed by atoms with Crippen LogP contribution < -0.4 is 10.2 Å². The van der Waals surface area contributed by atoms with Crippen molar-refractivity contribution >= 4 is 35.5 Å². The van der Waals surface area contributed by atoms with Crippen molar-refractivity contribution in [1.82, 2.24) is 20.2 Å². The summed E-state index contributed by atoms with van der Waals surface area (Å²) >= 11 is 7.26. The normalized spacial score (nSPS) is 11.1. The molecule has 10 heteroatoms. The van der Waals surface area contributed by atoms with Gasteiger partial charge in [-0.15, -0.1) is 10.2 Å². The maximum Gasteiger partial charge on any atom is 0.250 e. The second kappa shape index (κ2) is 11.6. The third-order valence-electron chi connectivity index (χ3n) is 4.73. The SMILES string of the molecule is CCOc1ccc(-n2c(SCC(=O)N/N=C/c3cccc(F)c3)nnc2-c2ccc(Cl)cc2)cc1. The molecule has 0 saturated heterocycles. The van der Waals surface area contributed by atoms with Crippen molar-refractivity contribution in [1.29, 1.82) is 0 Å². The monoisotopic (exact) mass is 509 g/mol. The Bertz CT molecular complexity index is 1330. The van der Waals surface area contributed by atoms with Gasteiger partial charge >= 0.3 is 0 Å². The number of rotatable bonds is 9. The standard InChI is InChI=1S/C25H21ClFN5O2S/c1-2-34-22-12-10-21(11-13-22)32-24(18-6-8-19(26)9-7-18)30-31-25(32)35-16-23(33)29-28-15-17-4-3-5-20(27)14-17/h3-15H,2,16H2,1H3,(H,29,33)/b28-15+. The number of hydrogen-bond donors (Lipinski definition) is 1. The van der Waals surface area contributed by atoms with Gasteiger partial charge in [0.2, 0.25) is 0 Å². The Morgan fingerprint density at radius 2 is 1.91 bits per heavy atom. The molecule has 4 rings (SSSR count). The van der Waals surface area contributed by atoms with Gasteiger partial charge in [-0.05, 0) is 73.2 Å². The van der Waals surface area contributed by atoms with Gasteiger partial charge in [-0.25, -0.2) is 9.82 Å². The first kappa shape index (κ1) is 24.4. The van der Waals surface area contributed by atoms with Crippen molar-refractivity contribution in [2.24, 2.45) is 5.10 Å². The molecule has 1 heterocycles. The molecule has 3 aromatic carbocycles. The van der Waals surface area contributed by atoms with E-state index in [0.717, 1.165) is 17.0 Å². The van der Waals surface area contributed by atoms with Crippen molar-refractivity contribution in [2.45, 2.75) is 12.1 Å². The van der Waals surface area contributed by atoms with Gasteiger partial charge in [-0.3, -0.25) is 9.36 Å². The van der Waals surface area contributed by atoms with E-state index in [-0.39, 0.29) is 17.5 Å². The molecule has 0 aliphatic heterocycles. The molecule has 35 heavy (non-hydrogen) atoms. The van der Waals surface area contributed by atoms with Crippen molar-refractivity contribution in [3.05, 3.63) is 89.2 Å². The molecule has 0 fully saturated rings. The number of halogens is 2. The van der Waals surface area contributed by atoms with E-state index in [4.69, 9.17) is 16.3 Å². The predicted octanol–water partition coefficient (Wildman–Crippen LogP) is 5.37. The van der Waals surface area contributed by atoms with Gasteiger partial charge in [0, 0.05) is 16.3 Å². The van der Waals surface area contributed by atoms with E-state index in [9.17, 15) is 9.18 Å². The molecule has 0 radical (unpaired) electrons. The van der Waals surface area contributed by atoms with Crippen LogP contribution in [0.4, 0.5) is 4.39 Å². The topological polar surface area (TPSA) is 81.4 Å². The molecule has 0 atom stereocenters. The minimum absolute atomic E-state index is 0.0519. The van der Waals surface area contributed by atoms with E-state index in [1.54, 1.807) is 24.3 Å². The molecule has 7 nitrogen and oxygen atoms in total. The van der Waals surface area contributed by atoms with Crippen LogP contribution in [0.2, 0.25) is 5.02 Å². The lowest BCUT2D eigenvalue weighted by molar-refractivity contribution is -0.118. The molecule has 0 bridgehead atoms. The van der Waals surface area contributed by atoms with Crippen LogP contribution in [-0.4, -0.2) is 39.2 Å². The van der Waals surface area contributed by atoms with E-state index >= 15 is 0 Å². The molecule has 0 aliphatic carbocycles. The zero-order valence-electron chi connectivity index (χ0n) is 18.7. The summed E-state index contributed by atoms with van der Waals surface area (Å²) in [6, 6.07) is 20.7. The molecule has 1 aromatic heterocycles. The highest BCUT2D eigenvalue weighted by Crippen LogP contribution is 2.29. The van der Waals surface area contributed by atoms with Gasteiger partial charge in [-0.2, -0.15) is 5.10 Å². The van der Waals surface area contributed by atoms with Crippen LogP contribution in [0.5, 0.6) is 5.75 Å². The molecule has 178 valence electrons. The smallest absolute Gasteiger partial charge is 0.250 e. The van der Waals surface area contributed by atoms with Gasteiger partial charge in [-0.1, -0.05) is 35.5 Å². The van der Waals surface area contributed by atoms with E-state index < -0.39 is 0 Å². The van der Waals surface area contributed by atoms with Crippen LogP contribution in [0.25, 0.3) is 17.1 Å². The minimum atomic E-state index is -0.374. The van der Waals surface area contributed by atoms with Crippen molar-refractivity contribution in [3.63, 3.8) is 0 Å². The van der Waals surface area contributed by atoms with Crippen LogP contribution >= 0.6 is 23.4 Å². The zero-order valence-corrected chi connectivity index (χ0v) is 20.3. The summed E-state index contributed by atoms with van der Waals surface area (Å²) in [6.07, 6.45) is 1.38. The summed E-state index contributed by atoms with van der Waals surface area (Å²) in [4.78, 5) is 12.3. The first-order valence-electron chi connectivity index (χ1n) is 10.7. The first-order chi connectivity index (χ1) is 17.0. The molecular formula is C25H21ClFN5O2S. The second-order valence-corrected chi connectivity index (χ2v) is 8.59. The summed E-state index contributed by atoms with van der Waals surface area (Å²) in [6.45, 7) is 2.49. The summed E-state index contributed by atoms with van der Waals surface area (Å²) in [5.41, 5.74) is 4.63.